The third-order valence-electron chi connectivity index (χ3n) is 6.22. The number of ether oxygens (including phenoxy) is 1. The fraction of sp³-hybridized carbons (Fsp3) is 0.500. The molecule has 0 radical (unpaired) electrons. The third-order valence-corrected chi connectivity index (χ3v) is 9.47. The molecule has 2 aromatic rings. The van der Waals surface area contributed by atoms with Gasteiger partial charge < -0.3 is 10.1 Å². The molecule has 1 saturated heterocycles. The lowest BCUT2D eigenvalue weighted by molar-refractivity contribution is 0.102. The van der Waals surface area contributed by atoms with Crippen molar-refractivity contribution in [2.75, 3.05) is 25.5 Å². The second-order valence-electron chi connectivity index (χ2n) is 8.51. The summed E-state index contributed by atoms with van der Waals surface area (Å²) in [6.07, 6.45) is 10.2. The van der Waals surface area contributed by atoms with E-state index in [1.807, 2.05) is 0 Å². The SMILES string of the molecule is COc1ccc(S(=O)(=O)N2CCCCCC2)cc1NC(=O)c1cccnc1SC1CCCC1. The molecule has 2 aliphatic rings. The largest absolute Gasteiger partial charge is 0.495 e. The maximum absolute atomic E-state index is 13.3. The van der Waals surface area contributed by atoms with Crippen LogP contribution in [0.3, 0.4) is 0 Å². The van der Waals surface area contributed by atoms with Crippen molar-refractivity contribution in [3.05, 3.63) is 42.1 Å². The van der Waals surface area contributed by atoms with Gasteiger partial charge in [-0.1, -0.05) is 25.7 Å². The molecule has 1 aromatic carbocycles. The quantitative estimate of drug-likeness (QED) is 0.593. The zero-order chi connectivity index (χ0) is 23.3. The molecule has 33 heavy (non-hydrogen) atoms. The lowest BCUT2D eigenvalue weighted by atomic mass is 10.2. The first-order valence-corrected chi connectivity index (χ1v) is 13.9. The van der Waals surface area contributed by atoms with Crippen molar-refractivity contribution in [1.29, 1.82) is 0 Å². The van der Waals surface area contributed by atoms with E-state index in [9.17, 15) is 13.2 Å². The summed E-state index contributed by atoms with van der Waals surface area (Å²) in [4.78, 5) is 17.8. The van der Waals surface area contributed by atoms with Crippen molar-refractivity contribution < 1.29 is 17.9 Å². The Labute approximate surface area is 200 Å². The van der Waals surface area contributed by atoms with Gasteiger partial charge in [-0.05, 0) is 56.0 Å². The topological polar surface area (TPSA) is 88.6 Å². The standard InChI is InChI=1S/C24H31N3O4S2/c1-31-22-13-12-19(33(29,30)27-15-6-2-3-7-16-27)17-21(22)26-23(28)20-11-8-14-25-24(20)32-18-9-4-5-10-18/h8,11-14,17-18H,2-7,9-10,15-16H2,1H3,(H,26,28). The number of hydrogen-bond donors (Lipinski definition) is 1. The molecule has 7 nitrogen and oxygen atoms in total. The van der Waals surface area contributed by atoms with Crippen LogP contribution in [0.25, 0.3) is 0 Å². The van der Waals surface area contributed by atoms with E-state index in [2.05, 4.69) is 10.3 Å². The number of nitrogens with zero attached hydrogens (tertiary/aromatic N) is 2. The van der Waals surface area contributed by atoms with Crippen LogP contribution < -0.4 is 10.1 Å². The number of aromatic nitrogens is 1. The van der Waals surface area contributed by atoms with Crippen LogP contribution in [0, 0.1) is 0 Å². The van der Waals surface area contributed by atoms with Gasteiger partial charge in [0.1, 0.15) is 10.8 Å². The first-order valence-electron chi connectivity index (χ1n) is 11.6. The molecule has 2 heterocycles. The first-order chi connectivity index (χ1) is 16.0. The van der Waals surface area contributed by atoms with Crippen LogP contribution in [-0.4, -0.2) is 49.1 Å². The Morgan fingerprint density at radius 2 is 1.82 bits per heavy atom. The van der Waals surface area contributed by atoms with Gasteiger partial charge in [0.15, 0.2) is 0 Å². The highest BCUT2D eigenvalue weighted by Crippen LogP contribution is 2.36. The molecule has 0 spiro atoms. The molecule has 1 N–H and O–H groups in total. The Morgan fingerprint density at radius 3 is 2.52 bits per heavy atom. The van der Waals surface area contributed by atoms with E-state index in [4.69, 9.17) is 4.74 Å². The summed E-state index contributed by atoms with van der Waals surface area (Å²) in [7, 11) is -2.15. The molecule has 1 amide bonds. The minimum atomic E-state index is -3.65. The van der Waals surface area contributed by atoms with Crippen LogP contribution in [0.5, 0.6) is 5.75 Å². The van der Waals surface area contributed by atoms with Crippen molar-refractivity contribution in [2.45, 2.75) is 66.5 Å². The van der Waals surface area contributed by atoms with E-state index in [1.165, 1.54) is 26.0 Å². The number of amides is 1. The summed E-state index contributed by atoms with van der Waals surface area (Å²) in [5.74, 6) is 0.0817. The van der Waals surface area contributed by atoms with Gasteiger partial charge in [-0.2, -0.15) is 4.31 Å². The number of pyridine rings is 1. The molecule has 1 aromatic heterocycles. The molecule has 0 bridgehead atoms. The van der Waals surface area contributed by atoms with Gasteiger partial charge >= 0.3 is 0 Å². The van der Waals surface area contributed by atoms with Crippen molar-refractivity contribution >= 4 is 33.4 Å². The second-order valence-corrected chi connectivity index (χ2v) is 11.7. The smallest absolute Gasteiger partial charge is 0.258 e. The number of nitrogens with one attached hydrogen (secondary N) is 1. The number of thioether (sulfide) groups is 1. The Kier molecular flexibility index (Phi) is 7.93. The number of carbonyl (C=O) groups excluding carboxylic acids is 1. The fourth-order valence-electron chi connectivity index (χ4n) is 4.39. The fourth-order valence-corrected chi connectivity index (χ4v) is 7.23. The maximum Gasteiger partial charge on any atom is 0.258 e. The van der Waals surface area contributed by atoms with Crippen LogP contribution in [0.2, 0.25) is 0 Å². The van der Waals surface area contributed by atoms with Gasteiger partial charge in [-0.15, -0.1) is 11.8 Å². The zero-order valence-corrected chi connectivity index (χ0v) is 20.6. The number of anilines is 1. The molecule has 1 saturated carbocycles. The van der Waals surface area contributed by atoms with Crippen molar-refractivity contribution in [1.82, 2.24) is 9.29 Å². The van der Waals surface area contributed by atoms with Crippen molar-refractivity contribution in [2.24, 2.45) is 0 Å². The summed E-state index contributed by atoms with van der Waals surface area (Å²) in [5.41, 5.74) is 0.816. The lowest BCUT2D eigenvalue weighted by Gasteiger charge is -2.21. The van der Waals surface area contributed by atoms with Crippen LogP contribution in [0.1, 0.15) is 61.7 Å². The second kappa shape index (κ2) is 10.9. The van der Waals surface area contributed by atoms with E-state index in [-0.39, 0.29) is 10.8 Å². The lowest BCUT2D eigenvalue weighted by Crippen LogP contribution is -2.32. The van der Waals surface area contributed by atoms with Crippen LogP contribution in [0.15, 0.2) is 46.5 Å². The number of carbonyl (C=O) groups is 1. The molecular formula is C24H31N3O4S2. The molecule has 178 valence electrons. The Morgan fingerprint density at radius 1 is 1.09 bits per heavy atom. The number of benzene rings is 1. The van der Waals surface area contributed by atoms with Crippen LogP contribution in [0.4, 0.5) is 5.69 Å². The summed E-state index contributed by atoms with van der Waals surface area (Å²) >= 11 is 1.65. The summed E-state index contributed by atoms with van der Waals surface area (Å²) in [6.45, 7) is 1.04. The number of hydrogen-bond acceptors (Lipinski definition) is 6. The third kappa shape index (κ3) is 5.70. The Balaban J connectivity index is 1.58. The molecule has 1 aliphatic carbocycles. The number of sulfonamides is 1. The normalized spacial score (nSPS) is 18.1. The monoisotopic (exact) mass is 489 g/mol. The number of rotatable bonds is 7. The highest BCUT2D eigenvalue weighted by atomic mass is 32.2. The molecule has 2 fully saturated rings. The highest BCUT2D eigenvalue weighted by molar-refractivity contribution is 8.00. The van der Waals surface area contributed by atoms with Crippen molar-refractivity contribution in [3.63, 3.8) is 0 Å². The maximum atomic E-state index is 13.3. The van der Waals surface area contributed by atoms with E-state index >= 15 is 0 Å². The van der Waals surface area contributed by atoms with Crippen LogP contribution in [-0.2, 0) is 10.0 Å². The van der Waals surface area contributed by atoms with Crippen molar-refractivity contribution in [3.8, 4) is 5.75 Å². The van der Waals surface area contributed by atoms with Gasteiger partial charge in [-0.25, -0.2) is 13.4 Å². The zero-order valence-electron chi connectivity index (χ0n) is 19.0. The van der Waals surface area contributed by atoms with Gasteiger partial charge in [0.25, 0.3) is 5.91 Å². The molecule has 0 unspecified atom stereocenters. The van der Waals surface area contributed by atoms with Gasteiger partial charge in [0, 0.05) is 24.5 Å². The highest BCUT2D eigenvalue weighted by Gasteiger charge is 2.27. The van der Waals surface area contributed by atoms with E-state index in [0.29, 0.717) is 40.4 Å². The molecular weight excluding hydrogens is 458 g/mol. The number of methoxy groups -OCH3 is 1. The minimum absolute atomic E-state index is 0.159. The summed E-state index contributed by atoms with van der Waals surface area (Å²) in [5, 5.41) is 4.05. The Bertz CT molecular complexity index is 1080. The van der Waals surface area contributed by atoms with Gasteiger partial charge in [0.2, 0.25) is 10.0 Å². The van der Waals surface area contributed by atoms with E-state index in [0.717, 1.165) is 38.5 Å². The molecule has 0 atom stereocenters. The van der Waals surface area contributed by atoms with Crippen LogP contribution >= 0.6 is 11.8 Å². The molecule has 4 rings (SSSR count). The molecule has 9 heteroatoms. The first kappa shape index (κ1) is 24.0. The predicted octanol–water partition coefficient (Wildman–Crippen LogP) is 4.94. The molecule has 1 aliphatic heterocycles. The summed E-state index contributed by atoms with van der Waals surface area (Å²) < 4.78 is 33.5. The summed E-state index contributed by atoms with van der Waals surface area (Å²) in [6, 6.07) is 8.13. The van der Waals surface area contributed by atoms with E-state index < -0.39 is 10.0 Å². The average molecular weight is 490 g/mol. The minimum Gasteiger partial charge on any atom is -0.495 e. The van der Waals surface area contributed by atoms with Gasteiger partial charge in [-0.3, -0.25) is 4.79 Å². The Hall–Kier alpha value is -2.10. The average Bonchev–Trinajstić information content (AvgIpc) is 3.17. The van der Waals surface area contributed by atoms with E-state index in [1.54, 1.807) is 46.5 Å². The predicted molar refractivity (Wildman–Crippen MR) is 131 cm³/mol. The van der Waals surface area contributed by atoms with Gasteiger partial charge in [0.05, 0.1) is 23.3 Å².